The van der Waals surface area contributed by atoms with E-state index in [9.17, 15) is 13.0 Å². The average Bonchev–Trinajstić information content (AvgIpc) is 2.97. The van der Waals surface area contributed by atoms with Gasteiger partial charge in [-0.15, -0.1) is 0 Å². The number of hydrogen-bond acceptors (Lipinski definition) is 2. The van der Waals surface area contributed by atoms with Gasteiger partial charge in [-0.2, -0.15) is 8.42 Å². The number of nitrogens with zero attached hydrogens (tertiary/aromatic N) is 1. The van der Waals surface area contributed by atoms with Crippen LogP contribution < -0.4 is 0 Å². The number of fused-ring (bicyclic) bond motifs is 3. The Morgan fingerprint density at radius 2 is 1.74 bits per heavy atom. The van der Waals surface area contributed by atoms with E-state index in [-0.39, 0.29) is 0 Å². The molecule has 1 unspecified atom stereocenters. The molecule has 27 heavy (non-hydrogen) atoms. The lowest BCUT2D eigenvalue weighted by molar-refractivity contribution is 0.462. The van der Waals surface area contributed by atoms with Crippen molar-refractivity contribution in [3.05, 3.63) is 48.0 Å². The van der Waals surface area contributed by atoms with Gasteiger partial charge in [0, 0.05) is 28.4 Å². The van der Waals surface area contributed by atoms with E-state index in [1.54, 1.807) is 6.92 Å². The summed E-state index contributed by atoms with van der Waals surface area (Å²) in [7, 11) is -4.00. The SMILES string of the molecule is CCCCCCc1cccc2c1c1ccccc1n2CCC(C)S(=O)(=O)O. The van der Waals surface area contributed by atoms with Gasteiger partial charge in [-0.3, -0.25) is 4.55 Å². The van der Waals surface area contributed by atoms with Crippen molar-refractivity contribution in [1.29, 1.82) is 0 Å². The Morgan fingerprint density at radius 3 is 2.48 bits per heavy atom. The normalized spacial score (nSPS) is 13.4. The van der Waals surface area contributed by atoms with Crippen molar-refractivity contribution in [1.82, 2.24) is 4.57 Å². The van der Waals surface area contributed by atoms with Gasteiger partial charge in [-0.05, 0) is 43.9 Å². The molecule has 0 aliphatic carbocycles. The van der Waals surface area contributed by atoms with Crippen LogP contribution in [0.3, 0.4) is 0 Å². The molecular formula is C22H29NO3S. The van der Waals surface area contributed by atoms with E-state index in [1.165, 1.54) is 42.0 Å². The van der Waals surface area contributed by atoms with Crippen LogP contribution in [0.25, 0.3) is 21.8 Å². The van der Waals surface area contributed by atoms with Crippen molar-refractivity contribution >= 4 is 31.9 Å². The Hall–Kier alpha value is -1.85. The largest absolute Gasteiger partial charge is 0.340 e. The van der Waals surface area contributed by atoms with Gasteiger partial charge in [-0.1, -0.05) is 56.5 Å². The number of aromatic nitrogens is 1. The van der Waals surface area contributed by atoms with E-state index in [4.69, 9.17) is 0 Å². The molecule has 0 saturated heterocycles. The van der Waals surface area contributed by atoms with Gasteiger partial charge >= 0.3 is 0 Å². The van der Waals surface area contributed by atoms with Gasteiger partial charge in [0.15, 0.2) is 0 Å². The smallest absolute Gasteiger partial charge is 0.267 e. The second-order valence-electron chi connectivity index (χ2n) is 7.40. The topological polar surface area (TPSA) is 59.3 Å². The molecule has 5 heteroatoms. The van der Waals surface area contributed by atoms with Gasteiger partial charge in [0.1, 0.15) is 0 Å². The quantitative estimate of drug-likeness (QED) is 0.385. The zero-order chi connectivity index (χ0) is 19.4. The van der Waals surface area contributed by atoms with Crippen LogP contribution >= 0.6 is 0 Å². The molecule has 0 bridgehead atoms. The van der Waals surface area contributed by atoms with Crippen LogP contribution in [0, 0.1) is 0 Å². The zero-order valence-electron chi connectivity index (χ0n) is 16.2. The summed E-state index contributed by atoms with van der Waals surface area (Å²) in [6.45, 7) is 4.34. The molecule has 1 N–H and O–H groups in total. The Labute approximate surface area is 161 Å². The van der Waals surface area contributed by atoms with Gasteiger partial charge in [0.2, 0.25) is 0 Å². The first kappa shape index (κ1) is 19.9. The second-order valence-corrected chi connectivity index (χ2v) is 9.24. The summed E-state index contributed by atoms with van der Waals surface area (Å²) in [4.78, 5) is 0. The van der Waals surface area contributed by atoms with Crippen LogP contribution in [0.15, 0.2) is 42.5 Å². The van der Waals surface area contributed by atoms with Crippen LogP contribution in [0.5, 0.6) is 0 Å². The molecule has 2 aromatic carbocycles. The number of benzene rings is 2. The maximum Gasteiger partial charge on any atom is 0.267 e. The minimum absolute atomic E-state index is 0.382. The van der Waals surface area contributed by atoms with Gasteiger partial charge in [0.05, 0.1) is 5.25 Å². The van der Waals surface area contributed by atoms with Crippen molar-refractivity contribution in [2.24, 2.45) is 0 Å². The summed E-state index contributed by atoms with van der Waals surface area (Å²) in [6.07, 6.45) is 6.38. The predicted octanol–water partition coefficient (Wildman–Crippen LogP) is 5.58. The molecule has 3 rings (SSSR count). The highest BCUT2D eigenvalue weighted by atomic mass is 32.2. The fraction of sp³-hybridized carbons (Fsp3) is 0.455. The molecule has 0 amide bonds. The monoisotopic (exact) mass is 387 g/mol. The van der Waals surface area contributed by atoms with E-state index in [1.807, 2.05) is 6.07 Å². The number of rotatable bonds is 9. The molecule has 4 nitrogen and oxygen atoms in total. The molecule has 0 fully saturated rings. The van der Waals surface area contributed by atoms with Gasteiger partial charge < -0.3 is 4.57 Å². The lowest BCUT2D eigenvalue weighted by Crippen LogP contribution is -2.18. The van der Waals surface area contributed by atoms with Crippen LogP contribution in [-0.2, 0) is 23.1 Å². The highest BCUT2D eigenvalue weighted by Gasteiger charge is 2.19. The van der Waals surface area contributed by atoms with Crippen LogP contribution in [-0.4, -0.2) is 22.8 Å². The van der Waals surface area contributed by atoms with Crippen molar-refractivity contribution in [3.8, 4) is 0 Å². The molecule has 0 saturated carbocycles. The van der Waals surface area contributed by atoms with E-state index >= 15 is 0 Å². The fourth-order valence-corrected chi connectivity index (χ4v) is 4.23. The van der Waals surface area contributed by atoms with E-state index in [0.29, 0.717) is 13.0 Å². The first-order valence-corrected chi connectivity index (χ1v) is 11.4. The molecule has 0 aliphatic rings. The summed E-state index contributed by atoms with van der Waals surface area (Å²) in [5.74, 6) is 0. The number of aryl methyl sites for hydroxylation is 2. The maximum atomic E-state index is 11.4. The third-order valence-electron chi connectivity index (χ3n) is 5.45. The molecule has 0 radical (unpaired) electrons. The summed E-state index contributed by atoms with van der Waals surface area (Å²) in [5.41, 5.74) is 3.63. The van der Waals surface area contributed by atoms with Crippen LogP contribution in [0.2, 0.25) is 0 Å². The molecule has 0 aliphatic heterocycles. The minimum Gasteiger partial charge on any atom is -0.340 e. The van der Waals surface area contributed by atoms with E-state index < -0.39 is 15.4 Å². The van der Waals surface area contributed by atoms with Crippen molar-refractivity contribution in [3.63, 3.8) is 0 Å². The molecule has 1 heterocycles. The Morgan fingerprint density at radius 1 is 1.00 bits per heavy atom. The highest BCUT2D eigenvalue weighted by Crippen LogP contribution is 2.33. The molecule has 146 valence electrons. The lowest BCUT2D eigenvalue weighted by atomic mass is 10.0. The van der Waals surface area contributed by atoms with Crippen molar-refractivity contribution in [2.75, 3.05) is 0 Å². The molecular weight excluding hydrogens is 358 g/mol. The summed E-state index contributed by atoms with van der Waals surface area (Å²) >= 11 is 0. The average molecular weight is 388 g/mol. The highest BCUT2D eigenvalue weighted by molar-refractivity contribution is 7.86. The molecule has 0 spiro atoms. The van der Waals surface area contributed by atoms with Gasteiger partial charge in [0.25, 0.3) is 10.1 Å². The predicted molar refractivity (Wildman–Crippen MR) is 113 cm³/mol. The third kappa shape index (κ3) is 4.36. The zero-order valence-corrected chi connectivity index (χ0v) is 17.0. The van der Waals surface area contributed by atoms with Crippen LogP contribution in [0.1, 0.15) is 51.5 Å². The third-order valence-corrected chi connectivity index (χ3v) is 6.70. The second kappa shape index (κ2) is 8.44. The summed E-state index contributed by atoms with van der Waals surface area (Å²) in [5, 5.41) is 1.73. The maximum absolute atomic E-state index is 11.4. The summed E-state index contributed by atoms with van der Waals surface area (Å²) in [6, 6.07) is 14.7. The number of unbranched alkanes of at least 4 members (excludes halogenated alkanes) is 3. The Balaban J connectivity index is 2.00. The first-order chi connectivity index (χ1) is 12.9. The number of para-hydroxylation sites is 1. The fourth-order valence-electron chi connectivity index (χ4n) is 3.82. The van der Waals surface area contributed by atoms with E-state index in [0.717, 1.165) is 17.5 Å². The number of hydrogen-bond donors (Lipinski definition) is 1. The van der Waals surface area contributed by atoms with E-state index in [2.05, 4.69) is 47.9 Å². The van der Waals surface area contributed by atoms with Gasteiger partial charge in [-0.25, -0.2) is 0 Å². The Bertz CT molecular complexity index is 1020. The van der Waals surface area contributed by atoms with Crippen LogP contribution in [0.4, 0.5) is 0 Å². The standard InChI is InChI=1S/C22H29NO3S/c1-3-4-5-6-10-18-11-9-14-21-22(18)19-12-7-8-13-20(19)23(21)16-15-17(2)27(24,25)26/h7-9,11-14,17H,3-6,10,15-16H2,1-2H3,(H,24,25,26). The molecule has 1 atom stereocenters. The first-order valence-electron chi connectivity index (χ1n) is 9.88. The minimum atomic E-state index is -4.00. The lowest BCUT2D eigenvalue weighted by Gasteiger charge is -2.11. The Kier molecular flexibility index (Phi) is 6.22. The molecule has 3 aromatic rings. The summed E-state index contributed by atoms with van der Waals surface area (Å²) < 4.78 is 34.3. The van der Waals surface area contributed by atoms with Crippen molar-refractivity contribution in [2.45, 2.75) is 64.2 Å². The van der Waals surface area contributed by atoms with Crippen molar-refractivity contribution < 1.29 is 13.0 Å². The molecule has 1 aromatic heterocycles.